The molecule has 0 saturated carbocycles. The summed E-state index contributed by atoms with van der Waals surface area (Å²) in [5.41, 5.74) is 5.11. The summed E-state index contributed by atoms with van der Waals surface area (Å²) in [7, 11) is 0. The molecule has 0 aliphatic heterocycles. The summed E-state index contributed by atoms with van der Waals surface area (Å²) >= 11 is 0. The van der Waals surface area contributed by atoms with Gasteiger partial charge >= 0.3 is 5.97 Å². The van der Waals surface area contributed by atoms with Crippen LogP contribution in [0.5, 0.6) is 5.75 Å². The van der Waals surface area contributed by atoms with Crippen LogP contribution in [0.1, 0.15) is 32.6 Å². The first-order valence-corrected chi connectivity index (χ1v) is 6.50. The van der Waals surface area contributed by atoms with E-state index in [-0.39, 0.29) is 5.56 Å². The Morgan fingerprint density at radius 1 is 1.05 bits per heavy atom. The summed E-state index contributed by atoms with van der Waals surface area (Å²) < 4.78 is 5.74. The first-order valence-electron chi connectivity index (χ1n) is 6.50. The van der Waals surface area contributed by atoms with E-state index in [1.807, 2.05) is 0 Å². The molecule has 0 atom stereocenters. The Kier molecular flexibility index (Phi) is 4.08. The second-order valence-electron chi connectivity index (χ2n) is 5.00. The average Bonchev–Trinajstić information content (AvgIpc) is 2.38. The van der Waals surface area contributed by atoms with E-state index in [1.165, 1.54) is 22.3 Å². The maximum Gasteiger partial charge on any atom is 0.335 e. The molecule has 0 saturated heterocycles. The normalized spacial score (nSPS) is 10.3. The van der Waals surface area contributed by atoms with E-state index in [0.29, 0.717) is 12.4 Å². The van der Waals surface area contributed by atoms with E-state index in [4.69, 9.17) is 9.84 Å². The molecule has 3 nitrogen and oxygen atoms in total. The molecular formula is C17H18O3. The van der Waals surface area contributed by atoms with Crippen LogP contribution in [-0.2, 0) is 6.61 Å². The number of carboxylic acid groups (broad SMARTS) is 1. The summed E-state index contributed by atoms with van der Waals surface area (Å²) in [5, 5.41) is 8.84. The highest BCUT2D eigenvalue weighted by Gasteiger charge is 2.06. The molecule has 0 bridgehead atoms. The molecule has 2 rings (SSSR count). The topological polar surface area (TPSA) is 46.5 Å². The summed E-state index contributed by atoms with van der Waals surface area (Å²) in [6.07, 6.45) is 0. The minimum atomic E-state index is -0.929. The van der Waals surface area contributed by atoms with Crippen molar-refractivity contribution >= 4 is 5.97 Å². The summed E-state index contributed by atoms with van der Waals surface area (Å²) in [6.45, 7) is 6.72. The van der Waals surface area contributed by atoms with E-state index in [0.717, 1.165) is 0 Å². The minimum absolute atomic E-state index is 0.264. The maximum absolute atomic E-state index is 10.8. The Balaban J connectivity index is 2.11. The number of hydrogen-bond acceptors (Lipinski definition) is 2. The van der Waals surface area contributed by atoms with Crippen molar-refractivity contribution in [1.82, 2.24) is 0 Å². The lowest BCUT2D eigenvalue weighted by atomic mass is 10.0. The van der Waals surface area contributed by atoms with Gasteiger partial charge < -0.3 is 9.84 Å². The predicted octanol–water partition coefficient (Wildman–Crippen LogP) is 3.89. The van der Waals surface area contributed by atoms with Gasteiger partial charge in [-0.1, -0.05) is 17.7 Å². The average molecular weight is 270 g/mol. The third kappa shape index (κ3) is 3.18. The second-order valence-corrected chi connectivity index (χ2v) is 5.00. The highest BCUT2D eigenvalue weighted by Crippen LogP contribution is 2.20. The van der Waals surface area contributed by atoms with E-state index in [9.17, 15) is 4.79 Å². The maximum atomic E-state index is 10.8. The van der Waals surface area contributed by atoms with Crippen molar-refractivity contribution in [3.63, 3.8) is 0 Å². The highest BCUT2D eigenvalue weighted by atomic mass is 16.5. The molecule has 0 aliphatic carbocycles. The van der Waals surface area contributed by atoms with Gasteiger partial charge in [0.05, 0.1) is 5.56 Å². The van der Waals surface area contributed by atoms with Crippen LogP contribution in [0, 0.1) is 20.8 Å². The van der Waals surface area contributed by atoms with E-state index in [2.05, 4.69) is 32.9 Å². The zero-order valence-corrected chi connectivity index (χ0v) is 11.9. The SMILES string of the molecule is Cc1cc(C)c(COc2ccc(C(=O)O)cc2)c(C)c1. The number of hydrogen-bond donors (Lipinski definition) is 1. The van der Waals surface area contributed by atoms with Crippen LogP contribution in [0.25, 0.3) is 0 Å². The number of carbonyl (C=O) groups is 1. The van der Waals surface area contributed by atoms with Gasteiger partial charge in [-0.3, -0.25) is 0 Å². The van der Waals surface area contributed by atoms with Crippen molar-refractivity contribution in [2.75, 3.05) is 0 Å². The van der Waals surface area contributed by atoms with Crippen LogP contribution in [0.15, 0.2) is 36.4 Å². The molecule has 0 amide bonds. The quantitative estimate of drug-likeness (QED) is 0.916. The minimum Gasteiger partial charge on any atom is -0.489 e. The lowest BCUT2D eigenvalue weighted by Crippen LogP contribution is -2.02. The van der Waals surface area contributed by atoms with Crippen molar-refractivity contribution in [2.45, 2.75) is 27.4 Å². The van der Waals surface area contributed by atoms with Crippen LogP contribution in [0.3, 0.4) is 0 Å². The number of carboxylic acids is 1. The monoisotopic (exact) mass is 270 g/mol. The molecule has 0 unspecified atom stereocenters. The predicted molar refractivity (Wildman–Crippen MR) is 78.4 cm³/mol. The Bertz CT molecular complexity index is 604. The van der Waals surface area contributed by atoms with Crippen molar-refractivity contribution in [2.24, 2.45) is 0 Å². The van der Waals surface area contributed by atoms with Gasteiger partial charge in [0.1, 0.15) is 12.4 Å². The fraction of sp³-hybridized carbons (Fsp3) is 0.235. The number of benzene rings is 2. The van der Waals surface area contributed by atoms with E-state index < -0.39 is 5.97 Å². The molecule has 2 aromatic rings. The molecule has 1 N–H and O–H groups in total. The zero-order valence-electron chi connectivity index (χ0n) is 11.9. The first-order chi connectivity index (χ1) is 9.47. The first kappa shape index (κ1) is 14.1. The Morgan fingerprint density at radius 3 is 2.10 bits per heavy atom. The standard InChI is InChI=1S/C17H18O3/c1-11-8-12(2)16(13(3)9-11)10-20-15-6-4-14(5-7-15)17(18)19/h4-9H,10H2,1-3H3,(H,18,19). The second kappa shape index (κ2) is 5.78. The summed E-state index contributed by atoms with van der Waals surface area (Å²) in [6, 6.07) is 10.7. The largest absolute Gasteiger partial charge is 0.489 e. The Morgan fingerprint density at radius 2 is 1.60 bits per heavy atom. The smallest absolute Gasteiger partial charge is 0.335 e. The van der Waals surface area contributed by atoms with Crippen molar-refractivity contribution in [3.05, 3.63) is 64.2 Å². The summed E-state index contributed by atoms with van der Waals surface area (Å²) in [5.74, 6) is -0.254. The molecule has 0 heterocycles. The van der Waals surface area contributed by atoms with Gasteiger partial charge in [-0.15, -0.1) is 0 Å². The molecule has 0 aromatic heterocycles. The van der Waals surface area contributed by atoms with Gasteiger partial charge in [0.25, 0.3) is 0 Å². The fourth-order valence-corrected chi connectivity index (χ4v) is 2.29. The Labute approximate surface area is 118 Å². The van der Waals surface area contributed by atoms with Crippen LogP contribution >= 0.6 is 0 Å². The van der Waals surface area contributed by atoms with Crippen molar-refractivity contribution < 1.29 is 14.6 Å². The summed E-state index contributed by atoms with van der Waals surface area (Å²) in [4.78, 5) is 10.8. The lowest BCUT2D eigenvalue weighted by Gasteiger charge is -2.12. The van der Waals surface area contributed by atoms with Gasteiger partial charge in [-0.2, -0.15) is 0 Å². The van der Waals surface area contributed by atoms with Crippen molar-refractivity contribution in [1.29, 1.82) is 0 Å². The van der Waals surface area contributed by atoms with Gasteiger partial charge in [-0.25, -0.2) is 4.79 Å². The molecule has 2 aromatic carbocycles. The van der Waals surface area contributed by atoms with Crippen LogP contribution in [-0.4, -0.2) is 11.1 Å². The van der Waals surface area contributed by atoms with Gasteiger partial charge in [0.2, 0.25) is 0 Å². The molecule has 3 heteroatoms. The molecular weight excluding hydrogens is 252 g/mol. The van der Waals surface area contributed by atoms with Gasteiger partial charge in [0, 0.05) is 0 Å². The van der Waals surface area contributed by atoms with Crippen molar-refractivity contribution in [3.8, 4) is 5.75 Å². The number of ether oxygens (including phenoxy) is 1. The van der Waals surface area contributed by atoms with Crippen LogP contribution in [0.4, 0.5) is 0 Å². The van der Waals surface area contributed by atoms with Gasteiger partial charge in [-0.05, 0) is 61.7 Å². The zero-order chi connectivity index (χ0) is 14.7. The molecule has 0 radical (unpaired) electrons. The van der Waals surface area contributed by atoms with Crippen LogP contribution < -0.4 is 4.74 Å². The lowest BCUT2D eigenvalue weighted by molar-refractivity contribution is 0.0697. The highest BCUT2D eigenvalue weighted by molar-refractivity contribution is 5.87. The fourth-order valence-electron chi connectivity index (χ4n) is 2.29. The number of aryl methyl sites for hydroxylation is 3. The van der Waals surface area contributed by atoms with E-state index in [1.54, 1.807) is 24.3 Å². The number of rotatable bonds is 4. The van der Waals surface area contributed by atoms with E-state index >= 15 is 0 Å². The number of aromatic carboxylic acids is 1. The third-order valence-corrected chi connectivity index (χ3v) is 3.32. The molecule has 104 valence electrons. The molecule has 20 heavy (non-hydrogen) atoms. The molecule has 0 spiro atoms. The Hall–Kier alpha value is -2.29. The molecule has 0 fully saturated rings. The third-order valence-electron chi connectivity index (χ3n) is 3.32. The molecule has 0 aliphatic rings. The van der Waals surface area contributed by atoms with Crippen LogP contribution in [0.2, 0.25) is 0 Å². The van der Waals surface area contributed by atoms with Gasteiger partial charge in [0.15, 0.2) is 0 Å².